The number of rotatable bonds is 5. The Kier molecular flexibility index (Phi) is 4.68. The predicted molar refractivity (Wildman–Crippen MR) is 55.7 cm³/mol. The van der Waals surface area contributed by atoms with Crippen LogP contribution in [0.25, 0.3) is 0 Å². The first-order valence-corrected chi connectivity index (χ1v) is 5.06. The monoisotopic (exact) mass is 235 g/mol. The average molecular weight is 236 g/mol. The molecule has 0 saturated carbocycles. The molecule has 0 bridgehead atoms. The van der Waals surface area contributed by atoms with Crippen LogP contribution in [0.4, 0.5) is 14.6 Å². The molecule has 0 aromatic carbocycles. The van der Waals surface area contributed by atoms with Crippen molar-refractivity contribution < 1.29 is 8.78 Å². The molecule has 0 saturated heterocycles. The SMILES string of the molecule is Cc1ccc(N(CCCl)CC(F)F)nn1. The molecule has 1 aromatic heterocycles. The van der Waals surface area contributed by atoms with Gasteiger partial charge in [-0.15, -0.1) is 16.7 Å². The van der Waals surface area contributed by atoms with Crippen LogP contribution in [0.3, 0.4) is 0 Å². The molecule has 15 heavy (non-hydrogen) atoms. The third kappa shape index (κ3) is 3.95. The largest absolute Gasteiger partial charge is 0.348 e. The van der Waals surface area contributed by atoms with Gasteiger partial charge >= 0.3 is 0 Å². The summed E-state index contributed by atoms with van der Waals surface area (Å²) in [5.74, 6) is 0.712. The number of alkyl halides is 3. The maximum absolute atomic E-state index is 12.2. The van der Waals surface area contributed by atoms with Gasteiger partial charge in [0.15, 0.2) is 5.82 Å². The number of hydrogen-bond donors (Lipinski definition) is 0. The Hall–Kier alpha value is -0.970. The van der Waals surface area contributed by atoms with Crippen LogP contribution in [0, 0.1) is 6.92 Å². The van der Waals surface area contributed by atoms with Crippen molar-refractivity contribution in [2.75, 3.05) is 23.9 Å². The van der Waals surface area contributed by atoms with Gasteiger partial charge in [-0.1, -0.05) is 0 Å². The maximum atomic E-state index is 12.2. The molecule has 0 unspecified atom stereocenters. The van der Waals surface area contributed by atoms with Crippen molar-refractivity contribution in [1.82, 2.24) is 10.2 Å². The quantitative estimate of drug-likeness (QED) is 0.732. The number of aromatic nitrogens is 2. The van der Waals surface area contributed by atoms with Gasteiger partial charge in [0.25, 0.3) is 6.43 Å². The Bertz CT molecular complexity index is 292. The molecule has 6 heteroatoms. The van der Waals surface area contributed by atoms with E-state index in [-0.39, 0.29) is 12.4 Å². The third-order valence-electron chi connectivity index (χ3n) is 1.82. The van der Waals surface area contributed by atoms with Crippen LogP contribution in [0.5, 0.6) is 0 Å². The summed E-state index contributed by atoms with van der Waals surface area (Å²) in [6.07, 6.45) is -2.41. The Morgan fingerprint density at radius 2 is 2.13 bits per heavy atom. The smallest absolute Gasteiger partial charge is 0.255 e. The normalized spacial score (nSPS) is 10.7. The zero-order valence-corrected chi connectivity index (χ0v) is 9.08. The van der Waals surface area contributed by atoms with E-state index in [1.165, 1.54) is 4.90 Å². The first-order chi connectivity index (χ1) is 7.13. The Morgan fingerprint density at radius 1 is 1.40 bits per heavy atom. The highest BCUT2D eigenvalue weighted by Crippen LogP contribution is 2.11. The zero-order valence-electron chi connectivity index (χ0n) is 8.33. The van der Waals surface area contributed by atoms with Gasteiger partial charge in [-0.25, -0.2) is 8.78 Å². The van der Waals surface area contributed by atoms with E-state index in [1.807, 2.05) is 0 Å². The fourth-order valence-electron chi connectivity index (χ4n) is 1.13. The molecule has 1 rings (SSSR count). The van der Waals surface area contributed by atoms with Crippen molar-refractivity contribution in [3.05, 3.63) is 17.8 Å². The van der Waals surface area contributed by atoms with Crippen LogP contribution in [-0.2, 0) is 0 Å². The van der Waals surface area contributed by atoms with Crippen LogP contribution in [0.15, 0.2) is 12.1 Å². The summed E-state index contributed by atoms with van der Waals surface area (Å²) in [5.41, 5.74) is 0.752. The minimum absolute atomic E-state index is 0.280. The summed E-state index contributed by atoms with van der Waals surface area (Å²) in [5, 5.41) is 7.64. The van der Waals surface area contributed by atoms with E-state index >= 15 is 0 Å². The van der Waals surface area contributed by atoms with Gasteiger partial charge < -0.3 is 4.90 Å². The predicted octanol–water partition coefficient (Wildman–Crippen LogP) is 2.10. The van der Waals surface area contributed by atoms with Gasteiger partial charge in [0, 0.05) is 12.4 Å². The fourth-order valence-corrected chi connectivity index (χ4v) is 1.33. The molecular weight excluding hydrogens is 224 g/mol. The minimum Gasteiger partial charge on any atom is -0.348 e. The Balaban J connectivity index is 2.74. The highest BCUT2D eigenvalue weighted by molar-refractivity contribution is 6.18. The second kappa shape index (κ2) is 5.80. The Morgan fingerprint density at radius 3 is 2.60 bits per heavy atom. The first kappa shape index (κ1) is 12.1. The number of nitrogens with zero attached hydrogens (tertiary/aromatic N) is 3. The van der Waals surface area contributed by atoms with E-state index in [9.17, 15) is 8.78 Å². The average Bonchev–Trinajstić information content (AvgIpc) is 2.17. The molecule has 3 nitrogen and oxygen atoms in total. The van der Waals surface area contributed by atoms with E-state index in [0.29, 0.717) is 12.4 Å². The summed E-state index contributed by atoms with van der Waals surface area (Å²) >= 11 is 5.53. The zero-order chi connectivity index (χ0) is 11.3. The summed E-state index contributed by atoms with van der Waals surface area (Å²) in [6, 6.07) is 3.40. The van der Waals surface area contributed by atoms with Crippen molar-refractivity contribution >= 4 is 17.4 Å². The number of hydrogen-bond acceptors (Lipinski definition) is 3. The van der Waals surface area contributed by atoms with E-state index in [2.05, 4.69) is 10.2 Å². The lowest BCUT2D eigenvalue weighted by atomic mass is 10.4. The van der Waals surface area contributed by atoms with Crippen LogP contribution in [0.2, 0.25) is 0 Å². The molecule has 0 aliphatic heterocycles. The molecule has 0 aliphatic rings. The van der Waals surface area contributed by atoms with Gasteiger partial charge in [-0.05, 0) is 19.1 Å². The van der Waals surface area contributed by atoms with Crippen molar-refractivity contribution in [3.8, 4) is 0 Å². The second-order valence-corrected chi connectivity index (χ2v) is 3.44. The topological polar surface area (TPSA) is 29.0 Å². The lowest BCUT2D eigenvalue weighted by molar-refractivity contribution is 0.155. The highest BCUT2D eigenvalue weighted by atomic mass is 35.5. The summed E-state index contributed by atoms with van der Waals surface area (Å²) in [6.45, 7) is 1.75. The number of aryl methyl sites for hydroxylation is 1. The number of halogens is 3. The molecule has 1 heterocycles. The van der Waals surface area contributed by atoms with Crippen LogP contribution in [0.1, 0.15) is 5.69 Å². The van der Waals surface area contributed by atoms with Crippen molar-refractivity contribution in [3.63, 3.8) is 0 Å². The highest BCUT2D eigenvalue weighted by Gasteiger charge is 2.13. The minimum atomic E-state index is -2.41. The lowest BCUT2D eigenvalue weighted by Gasteiger charge is -2.21. The summed E-state index contributed by atoms with van der Waals surface area (Å²) < 4.78 is 24.5. The van der Waals surface area contributed by atoms with Crippen LogP contribution in [-0.4, -0.2) is 35.6 Å². The summed E-state index contributed by atoms with van der Waals surface area (Å²) in [7, 11) is 0. The van der Waals surface area contributed by atoms with Gasteiger partial charge in [0.05, 0.1) is 12.2 Å². The van der Waals surface area contributed by atoms with E-state index < -0.39 is 6.43 Å². The first-order valence-electron chi connectivity index (χ1n) is 4.53. The second-order valence-electron chi connectivity index (χ2n) is 3.06. The van der Waals surface area contributed by atoms with Gasteiger partial charge in [-0.3, -0.25) is 0 Å². The molecule has 0 atom stereocenters. The molecule has 0 N–H and O–H groups in total. The van der Waals surface area contributed by atoms with Crippen LogP contribution < -0.4 is 4.90 Å². The Labute approximate surface area is 92.1 Å². The molecule has 0 spiro atoms. The molecule has 0 radical (unpaired) electrons. The van der Waals surface area contributed by atoms with E-state index in [0.717, 1.165) is 5.69 Å². The van der Waals surface area contributed by atoms with Crippen molar-refractivity contribution in [2.45, 2.75) is 13.3 Å². The standard InChI is InChI=1S/C9H12ClF2N3/c1-7-2-3-9(14-13-7)15(5-4-10)6-8(11)12/h2-3,8H,4-6H2,1H3. The third-order valence-corrected chi connectivity index (χ3v) is 1.99. The molecule has 0 aliphatic carbocycles. The van der Waals surface area contributed by atoms with E-state index in [1.54, 1.807) is 19.1 Å². The number of anilines is 1. The van der Waals surface area contributed by atoms with E-state index in [4.69, 9.17) is 11.6 Å². The summed E-state index contributed by atoms with van der Waals surface area (Å²) in [4.78, 5) is 1.42. The maximum Gasteiger partial charge on any atom is 0.255 e. The molecule has 1 aromatic rings. The fraction of sp³-hybridized carbons (Fsp3) is 0.556. The lowest BCUT2D eigenvalue weighted by Crippen LogP contribution is -2.31. The van der Waals surface area contributed by atoms with Crippen molar-refractivity contribution in [1.29, 1.82) is 0 Å². The van der Waals surface area contributed by atoms with Gasteiger partial charge in [0.2, 0.25) is 0 Å². The van der Waals surface area contributed by atoms with Crippen LogP contribution >= 0.6 is 11.6 Å². The van der Waals surface area contributed by atoms with Gasteiger partial charge in [0.1, 0.15) is 0 Å². The molecular formula is C9H12ClF2N3. The molecule has 0 amide bonds. The molecule has 0 fully saturated rings. The van der Waals surface area contributed by atoms with Gasteiger partial charge in [-0.2, -0.15) is 5.10 Å². The van der Waals surface area contributed by atoms with Crippen molar-refractivity contribution in [2.24, 2.45) is 0 Å². The molecule has 84 valence electrons.